The molecule has 3 aromatic rings. The Hall–Kier alpha value is -2.66. The Kier molecular flexibility index (Phi) is 5.44. The van der Waals surface area contributed by atoms with Crippen LogP contribution in [0.5, 0.6) is 5.75 Å². The number of carbonyl (C=O) groups excluding carboxylic acids is 1. The number of H-pyrrole nitrogens is 1. The molecule has 0 spiro atoms. The van der Waals surface area contributed by atoms with Crippen LogP contribution >= 0.6 is 0 Å². The molecule has 1 fully saturated rings. The van der Waals surface area contributed by atoms with Gasteiger partial charge in [-0.1, -0.05) is 24.3 Å². The van der Waals surface area contributed by atoms with Gasteiger partial charge in [0.2, 0.25) is 0 Å². The van der Waals surface area contributed by atoms with Crippen LogP contribution in [0.4, 0.5) is 0 Å². The van der Waals surface area contributed by atoms with E-state index in [0.717, 1.165) is 60.6 Å². The molecule has 0 radical (unpaired) electrons. The molecule has 1 aromatic heterocycles. The lowest BCUT2D eigenvalue weighted by Gasteiger charge is -2.31. The van der Waals surface area contributed by atoms with E-state index >= 15 is 0 Å². The van der Waals surface area contributed by atoms with Crippen molar-refractivity contribution in [3.05, 3.63) is 59.9 Å². The zero-order valence-corrected chi connectivity index (χ0v) is 16.5. The predicted molar refractivity (Wildman–Crippen MR) is 111 cm³/mol. The number of Topliss-reactive ketones (excluding diaryl/α,β-unsaturated/α-hetero) is 1. The standard InChI is InChI=1S/C23H27N3O2/c1-16(2)28-19-9-5-7-17(13-19)23(27)18-8-6-12-26(14-18)15-22-24-20-10-3-4-11-21(20)25-22/h3-5,7,9-11,13,16,18H,6,8,12,14-15H2,1-2H3,(H,24,25)/t18-/m1/s1. The summed E-state index contributed by atoms with van der Waals surface area (Å²) in [5.41, 5.74) is 2.79. The summed E-state index contributed by atoms with van der Waals surface area (Å²) in [6, 6.07) is 15.7. The number of hydrogen-bond donors (Lipinski definition) is 1. The molecule has 5 heteroatoms. The molecule has 146 valence electrons. The molecule has 1 aliphatic heterocycles. The maximum Gasteiger partial charge on any atom is 0.167 e. The van der Waals surface area contributed by atoms with E-state index < -0.39 is 0 Å². The smallest absolute Gasteiger partial charge is 0.167 e. The largest absolute Gasteiger partial charge is 0.491 e. The second-order valence-corrected chi connectivity index (χ2v) is 7.83. The van der Waals surface area contributed by atoms with Crippen molar-refractivity contribution in [3.63, 3.8) is 0 Å². The zero-order valence-electron chi connectivity index (χ0n) is 16.5. The molecule has 2 aromatic carbocycles. The minimum absolute atomic E-state index is 0.0208. The van der Waals surface area contributed by atoms with Crippen molar-refractivity contribution >= 4 is 16.8 Å². The van der Waals surface area contributed by atoms with Crippen LogP contribution in [0.25, 0.3) is 11.0 Å². The molecule has 1 aliphatic rings. The van der Waals surface area contributed by atoms with Crippen molar-refractivity contribution in [2.75, 3.05) is 13.1 Å². The summed E-state index contributed by atoms with van der Waals surface area (Å²) < 4.78 is 5.75. The lowest BCUT2D eigenvalue weighted by molar-refractivity contribution is 0.0808. The number of hydrogen-bond acceptors (Lipinski definition) is 4. The van der Waals surface area contributed by atoms with Gasteiger partial charge in [0.05, 0.1) is 23.7 Å². The lowest BCUT2D eigenvalue weighted by atomic mass is 9.90. The minimum Gasteiger partial charge on any atom is -0.491 e. The van der Waals surface area contributed by atoms with E-state index in [9.17, 15) is 4.79 Å². The summed E-state index contributed by atoms with van der Waals surface area (Å²) in [5, 5.41) is 0. The summed E-state index contributed by atoms with van der Waals surface area (Å²) >= 11 is 0. The first-order valence-corrected chi connectivity index (χ1v) is 10.1. The Morgan fingerprint density at radius 1 is 1.25 bits per heavy atom. The highest BCUT2D eigenvalue weighted by molar-refractivity contribution is 5.98. The molecule has 0 bridgehead atoms. The summed E-state index contributed by atoms with van der Waals surface area (Å²) in [6.45, 7) is 6.49. The van der Waals surface area contributed by atoms with Crippen LogP contribution in [0.2, 0.25) is 0 Å². The van der Waals surface area contributed by atoms with Crippen molar-refractivity contribution in [2.45, 2.75) is 39.3 Å². The van der Waals surface area contributed by atoms with Gasteiger partial charge in [0.25, 0.3) is 0 Å². The average molecular weight is 377 g/mol. The average Bonchev–Trinajstić information content (AvgIpc) is 3.09. The van der Waals surface area contributed by atoms with Gasteiger partial charge >= 0.3 is 0 Å². The van der Waals surface area contributed by atoms with Crippen LogP contribution in [-0.2, 0) is 6.54 Å². The quantitative estimate of drug-likeness (QED) is 0.645. The third-order valence-corrected chi connectivity index (χ3v) is 5.18. The summed E-state index contributed by atoms with van der Waals surface area (Å²) in [4.78, 5) is 23.5. The number of nitrogens with zero attached hydrogens (tertiary/aromatic N) is 2. The molecule has 4 rings (SSSR count). The van der Waals surface area contributed by atoms with E-state index in [4.69, 9.17) is 4.74 Å². The van der Waals surface area contributed by atoms with Crippen molar-refractivity contribution in [3.8, 4) is 5.75 Å². The van der Waals surface area contributed by atoms with Crippen LogP contribution in [0.1, 0.15) is 42.9 Å². The van der Waals surface area contributed by atoms with Crippen LogP contribution in [0.3, 0.4) is 0 Å². The van der Waals surface area contributed by atoms with E-state index in [2.05, 4.69) is 14.9 Å². The summed E-state index contributed by atoms with van der Waals surface area (Å²) in [7, 11) is 0. The normalized spacial score (nSPS) is 17.9. The third-order valence-electron chi connectivity index (χ3n) is 5.18. The highest BCUT2D eigenvalue weighted by Gasteiger charge is 2.27. The second-order valence-electron chi connectivity index (χ2n) is 7.83. The van der Waals surface area contributed by atoms with Crippen LogP contribution in [0.15, 0.2) is 48.5 Å². The number of rotatable bonds is 6. The molecule has 0 unspecified atom stereocenters. The first-order valence-electron chi connectivity index (χ1n) is 10.1. The minimum atomic E-state index is 0.0208. The van der Waals surface area contributed by atoms with E-state index in [-0.39, 0.29) is 17.8 Å². The van der Waals surface area contributed by atoms with Gasteiger partial charge in [-0.05, 0) is 57.5 Å². The molecular weight excluding hydrogens is 350 g/mol. The van der Waals surface area contributed by atoms with Crippen molar-refractivity contribution in [2.24, 2.45) is 5.92 Å². The van der Waals surface area contributed by atoms with Crippen LogP contribution in [0, 0.1) is 5.92 Å². The SMILES string of the molecule is CC(C)Oc1cccc(C(=O)[C@@H]2CCCN(Cc3nc4ccccc4[nH]3)C2)c1. The number of imidazole rings is 1. The maximum absolute atomic E-state index is 13.1. The second kappa shape index (κ2) is 8.15. The zero-order chi connectivity index (χ0) is 19.5. The maximum atomic E-state index is 13.1. The van der Waals surface area contributed by atoms with Gasteiger partial charge in [0.1, 0.15) is 11.6 Å². The Balaban J connectivity index is 1.43. The molecule has 0 aliphatic carbocycles. The number of para-hydroxylation sites is 2. The number of likely N-dealkylation sites (tertiary alicyclic amines) is 1. The van der Waals surface area contributed by atoms with Gasteiger partial charge in [0.15, 0.2) is 5.78 Å². The molecule has 28 heavy (non-hydrogen) atoms. The molecule has 5 nitrogen and oxygen atoms in total. The van der Waals surface area contributed by atoms with Gasteiger partial charge in [-0.15, -0.1) is 0 Å². The van der Waals surface area contributed by atoms with Gasteiger partial charge in [0, 0.05) is 18.0 Å². The number of nitrogens with one attached hydrogen (secondary N) is 1. The number of fused-ring (bicyclic) bond motifs is 1. The third kappa shape index (κ3) is 4.25. The van der Waals surface area contributed by atoms with E-state index in [1.807, 2.05) is 62.4 Å². The Morgan fingerprint density at radius 2 is 2.11 bits per heavy atom. The van der Waals surface area contributed by atoms with Crippen LogP contribution < -0.4 is 4.74 Å². The lowest BCUT2D eigenvalue weighted by Crippen LogP contribution is -2.38. The van der Waals surface area contributed by atoms with Gasteiger partial charge < -0.3 is 9.72 Å². The number of ether oxygens (including phenoxy) is 1. The van der Waals surface area contributed by atoms with Crippen molar-refractivity contribution in [1.82, 2.24) is 14.9 Å². The molecule has 2 heterocycles. The molecular formula is C23H27N3O2. The monoisotopic (exact) mass is 377 g/mol. The first-order chi connectivity index (χ1) is 13.6. The van der Waals surface area contributed by atoms with Gasteiger partial charge in [-0.3, -0.25) is 9.69 Å². The number of benzene rings is 2. The van der Waals surface area contributed by atoms with Gasteiger partial charge in [-0.25, -0.2) is 4.98 Å². The fourth-order valence-electron chi connectivity index (χ4n) is 3.94. The molecule has 1 saturated heterocycles. The van der Waals surface area contributed by atoms with Crippen LogP contribution in [-0.4, -0.2) is 39.8 Å². The fourth-order valence-corrected chi connectivity index (χ4v) is 3.94. The summed E-state index contributed by atoms with van der Waals surface area (Å²) in [6.07, 6.45) is 2.06. The predicted octanol–water partition coefficient (Wildman–Crippen LogP) is 4.45. The first kappa shape index (κ1) is 18.7. The number of aromatic nitrogens is 2. The Morgan fingerprint density at radius 3 is 2.93 bits per heavy atom. The fraction of sp³-hybridized carbons (Fsp3) is 0.391. The van der Waals surface area contributed by atoms with Crippen molar-refractivity contribution in [1.29, 1.82) is 0 Å². The number of piperidine rings is 1. The van der Waals surface area contributed by atoms with Crippen molar-refractivity contribution < 1.29 is 9.53 Å². The Labute approximate surface area is 165 Å². The highest BCUT2D eigenvalue weighted by atomic mass is 16.5. The van der Waals surface area contributed by atoms with E-state index in [0.29, 0.717) is 0 Å². The number of aromatic amines is 1. The number of ketones is 1. The molecule has 0 saturated carbocycles. The number of carbonyl (C=O) groups is 1. The highest BCUT2D eigenvalue weighted by Crippen LogP contribution is 2.24. The van der Waals surface area contributed by atoms with E-state index in [1.54, 1.807) is 0 Å². The topological polar surface area (TPSA) is 58.2 Å². The summed E-state index contributed by atoms with van der Waals surface area (Å²) in [5.74, 6) is 1.95. The molecule has 1 atom stereocenters. The molecule has 0 amide bonds. The molecule has 1 N–H and O–H groups in total. The van der Waals surface area contributed by atoms with E-state index in [1.165, 1.54) is 0 Å². The Bertz CT molecular complexity index is 930. The van der Waals surface area contributed by atoms with Gasteiger partial charge in [-0.2, -0.15) is 0 Å².